The van der Waals surface area contributed by atoms with Gasteiger partial charge in [-0.05, 0) is 12.1 Å². The van der Waals surface area contributed by atoms with Gasteiger partial charge in [-0.15, -0.1) is 0 Å². The van der Waals surface area contributed by atoms with Crippen LogP contribution in [0.5, 0.6) is 0 Å². The van der Waals surface area contributed by atoms with Crippen LogP contribution in [-0.4, -0.2) is 23.3 Å². The summed E-state index contributed by atoms with van der Waals surface area (Å²) >= 11 is 0. The molecule has 0 aliphatic heterocycles. The Morgan fingerprint density at radius 3 is 2.42 bits per heavy atom. The van der Waals surface area contributed by atoms with Gasteiger partial charge in [0.1, 0.15) is 0 Å². The van der Waals surface area contributed by atoms with Gasteiger partial charge in [0.05, 0.1) is 11.3 Å². The fourth-order valence-corrected chi connectivity index (χ4v) is 0.937. The molecular formula is C8H9NO3. The molecule has 1 aromatic carbocycles. The molecule has 1 aromatic rings. The molecule has 0 aromatic heterocycles. The van der Waals surface area contributed by atoms with Gasteiger partial charge >= 0.3 is 5.97 Å². The first kappa shape index (κ1) is 8.55. The molecule has 0 saturated carbocycles. The predicted octanol–water partition coefficient (Wildman–Crippen LogP) is 1.21. The fourth-order valence-electron chi connectivity index (χ4n) is 0.937. The SMILES string of the molecule is CN(O)c1ccccc1C(=O)O. The molecule has 0 radical (unpaired) electrons. The number of hydroxylamine groups is 1. The van der Waals surface area contributed by atoms with Crippen LogP contribution in [0.2, 0.25) is 0 Å². The van der Waals surface area contributed by atoms with Crippen molar-refractivity contribution < 1.29 is 15.1 Å². The maximum absolute atomic E-state index is 10.6. The summed E-state index contributed by atoms with van der Waals surface area (Å²) in [6.07, 6.45) is 0. The molecule has 4 nitrogen and oxygen atoms in total. The summed E-state index contributed by atoms with van der Waals surface area (Å²) in [6.45, 7) is 0. The zero-order chi connectivity index (χ0) is 9.14. The number of carboxylic acids is 1. The number of aromatic carboxylic acids is 1. The second-order valence-corrected chi connectivity index (χ2v) is 2.35. The first-order valence-corrected chi connectivity index (χ1v) is 3.38. The van der Waals surface area contributed by atoms with Gasteiger partial charge in [-0.1, -0.05) is 12.1 Å². The van der Waals surface area contributed by atoms with Crippen LogP contribution in [0.25, 0.3) is 0 Å². The number of anilines is 1. The van der Waals surface area contributed by atoms with Crippen molar-refractivity contribution >= 4 is 11.7 Å². The molecule has 0 atom stereocenters. The largest absolute Gasteiger partial charge is 0.478 e. The maximum Gasteiger partial charge on any atom is 0.337 e. The molecule has 0 bridgehead atoms. The number of benzene rings is 1. The summed E-state index contributed by atoms with van der Waals surface area (Å²) in [5.41, 5.74) is 0.368. The third-order valence-electron chi connectivity index (χ3n) is 1.48. The number of nitrogens with zero attached hydrogens (tertiary/aromatic N) is 1. The Morgan fingerprint density at radius 2 is 2.00 bits per heavy atom. The average Bonchev–Trinajstić information content (AvgIpc) is 2.04. The van der Waals surface area contributed by atoms with Gasteiger partial charge < -0.3 is 5.11 Å². The van der Waals surface area contributed by atoms with E-state index in [1.165, 1.54) is 19.2 Å². The molecule has 12 heavy (non-hydrogen) atoms. The van der Waals surface area contributed by atoms with Crippen molar-refractivity contribution in [1.29, 1.82) is 0 Å². The fraction of sp³-hybridized carbons (Fsp3) is 0.125. The predicted molar refractivity (Wildman–Crippen MR) is 43.6 cm³/mol. The molecule has 0 spiro atoms. The molecule has 0 saturated heterocycles. The van der Waals surface area contributed by atoms with E-state index >= 15 is 0 Å². The van der Waals surface area contributed by atoms with E-state index in [9.17, 15) is 4.79 Å². The van der Waals surface area contributed by atoms with Crippen LogP contribution in [0.1, 0.15) is 10.4 Å². The topological polar surface area (TPSA) is 60.8 Å². The lowest BCUT2D eigenvalue weighted by Gasteiger charge is -2.12. The van der Waals surface area contributed by atoms with Crippen LogP contribution >= 0.6 is 0 Å². The van der Waals surface area contributed by atoms with Crippen molar-refractivity contribution in [3.05, 3.63) is 29.8 Å². The Kier molecular flexibility index (Phi) is 2.30. The number of hydrogen-bond acceptors (Lipinski definition) is 3. The summed E-state index contributed by atoms with van der Waals surface area (Å²) in [4.78, 5) is 10.6. The molecule has 4 heteroatoms. The van der Waals surface area contributed by atoms with Crippen molar-refractivity contribution in [1.82, 2.24) is 0 Å². The smallest absolute Gasteiger partial charge is 0.337 e. The standard InChI is InChI=1S/C8H9NO3/c1-9(12)7-5-3-2-4-6(7)8(10)11/h2-5,12H,1H3,(H,10,11). The Hall–Kier alpha value is -1.55. The Balaban J connectivity index is 3.17. The number of hydrogen-bond donors (Lipinski definition) is 2. The zero-order valence-electron chi connectivity index (χ0n) is 6.56. The molecule has 0 amide bonds. The minimum atomic E-state index is -1.05. The number of carboxylic acid groups (broad SMARTS) is 1. The van der Waals surface area contributed by atoms with E-state index < -0.39 is 5.97 Å². The minimum absolute atomic E-state index is 0.0856. The molecule has 0 heterocycles. The number of rotatable bonds is 2. The minimum Gasteiger partial charge on any atom is -0.478 e. The quantitative estimate of drug-likeness (QED) is 0.650. The molecule has 0 fully saturated rings. The van der Waals surface area contributed by atoms with Crippen molar-refractivity contribution in [2.45, 2.75) is 0 Å². The van der Waals surface area contributed by atoms with E-state index in [1.807, 2.05) is 0 Å². The lowest BCUT2D eigenvalue weighted by Crippen LogP contribution is -2.14. The molecule has 1 rings (SSSR count). The maximum atomic E-state index is 10.6. The van der Waals surface area contributed by atoms with E-state index in [0.29, 0.717) is 0 Å². The van der Waals surface area contributed by atoms with E-state index in [-0.39, 0.29) is 11.3 Å². The molecule has 2 N–H and O–H groups in total. The van der Waals surface area contributed by atoms with E-state index in [4.69, 9.17) is 10.3 Å². The Bertz CT molecular complexity index is 296. The first-order chi connectivity index (χ1) is 5.63. The van der Waals surface area contributed by atoms with Crippen LogP contribution in [0.4, 0.5) is 5.69 Å². The highest BCUT2D eigenvalue weighted by molar-refractivity contribution is 5.94. The third kappa shape index (κ3) is 1.54. The highest BCUT2D eigenvalue weighted by atomic mass is 16.5. The van der Waals surface area contributed by atoms with Crippen molar-refractivity contribution in [2.24, 2.45) is 0 Å². The van der Waals surface area contributed by atoms with E-state index in [0.717, 1.165) is 5.06 Å². The van der Waals surface area contributed by atoms with Crippen molar-refractivity contribution in [3.63, 3.8) is 0 Å². The molecule has 0 aliphatic rings. The molecule has 0 unspecified atom stereocenters. The van der Waals surface area contributed by atoms with Crippen molar-refractivity contribution in [3.8, 4) is 0 Å². The van der Waals surface area contributed by atoms with Crippen molar-refractivity contribution in [2.75, 3.05) is 12.1 Å². The number of carbonyl (C=O) groups is 1. The first-order valence-electron chi connectivity index (χ1n) is 3.38. The summed E-state index contributed by atoms with van der Waals surface area (Å²) in [6, 6.07) is 6.23. The molecule has 64 valence electrons. The third-order valence-corrected chi connectivity index (χ3v) is 1.48. The van der Waals surface area contributed by atoms with Crippen LogP contribution < -0.4 is 5.06 Å². The normalized spacial score (nSPS) is 9.50. The van der Waals surface area contributed by atoms with Gasteiger partial charge in [0, 0.05) is 7.05 Å². The summed E-state index contributed by atoms with van der Waals surface area (Å²) < 4.78 is 0. The monoisotopic (exact) mass is 167 g/mol. The highest BCUT2D eigenvalue weighted by Crippen LogP contribution is 2.16. The van der Waals surface area contributed by atoms with Gasteiger partial charge in [-0.25, -0.2) is 4.79 Å². The van der Waals surface area contributed by atoms with E-state index in [1.54, 1.807) is 12.1 Å². The van der Waals surface area contributed by atoms with Crippen LogP contribution in [0.15, 0.2) is 24.3 Å². The van der Waals surface area contributed by atoms with Gasteiger partial charge in [0.15, 0.2) is 0 Å². The zero-order valence-corrected chi connectivity index (χ0v) is 6.56. The Morgan fingerprint density at radius 1 is 1.42 bits per heavy atom. The lowest BCUT2D eigenvalue weighted by molar-refractivity contribution is 0.0696. The average molecular weight is 167 g/mol. The van der Waals surface area contributed by atoms with Crippen LogP contribution in [-0.2, 0) is 0 Å². The summed E-state index contributed by atoms with van der Waals surface area (Å²) in [7, 11) is 1.38. The van der Waals surface area contributed by atoms with Gasteiger partial charge in [-0.2, -0.15) is 0 Å². The highest BCUT2D eigenvalue weighted by Gasteiger charge is 2.10. The summed E-state index contributed by atoms with van der Waals surface area (Å²) in [5.74, 6) is -1.05. The van der Waals surface area contributed by atoms with E-state index in [2.05, 4.69) is 0 Å². The van der Waals surface area contributed by atoms with Crippen LogP contribution in [0.3, 0.4) is 0 Å². The van der Waals surface area contributed by atoms with Gasteiger partial charge in [-0.3, -0.25) is 10.3 Å². The molecule has 0 aliphatic carbocycles. The Labute approximate surface area is 69.6 Å². The number of para-hydroxylation sites is 1. The second-order valence-electron chi connectivity index (χ2n) is 2.35. The van der Waals surface area contributed by atoms with Crippen LogP contribution in [0, 0.1) is 0 Å². The summed E-state index contributed by atoms with van der Waals surface area (Å²) in [5, 5.41) is 18.5. The second kappa shape index (κ2) is 3.23. The van der Waals surface area contributed by atoms with Gasteiger partial charge in [0.2, 0.25) is 0 Å². The van der Waals surface area contributed by atoms with Gasteiger partial charge in [0.25, 0.3) is 0 Å². The lowest BCUT2D eigenvalue weighted by atomic mass is 10.2. The molecular weight excluding hydrogens is 158 g/mol.